The van der Waals surface area contributed by atoms with Crippen molar-refractivity contribution in [1.29, 1.82) is 0 Å². The lowest BCUT2D eigenvalue weighted by atomic mass is 10.4. The van der Waals surface area contributed by atoms with Crippen molar-refractivity contribution in [2.45, 2.75) is 5.88 Å². The summed E-state index contributed by atoms with van der Waals surface area (Å²) in [4.78, 5) is 7.39. The number of nitrogen functional groups attached to an aromatic ring is 1. The van der Waals surface area contributed by atoms with E-state index in [1.165, 1.54) is 6.20 Å². The van der Waals surface area contributed by atoms with E-state index in [9.17, 15) is 0 Å². The first-order valence-electron chi connectivity index (χ1n) is 2.57. The van der Waals surface area contributed by atoms with Gasteiger partial charge in [-0.1, -0.05) is 0 Å². The smallest absolute Gasteiger partial charge is 0.224 e. The van der Waals surface area contributed by atoms with Crippen LogP contribution in [0.5, 0.6) is 0 Å². The SMILES string of the molecule is Nc1nc(Cl)ncc1CCl. The van der Waals surface area contributed by atoms with Crippen molar-refractivity contribution in [3.8, 4) is 0 Å². The lowest BCUT2D eigenvalue weighted by molar-refractivity contribution is 1.13. The molecule has 0 aliphatic heterocycles. The summed E-state index contributed by atoms with van der Waals surface area (Å²) >= 11 is 10.9. The van der Waals surface area contributed by atoms with E-state index in [-0.39, 0.29) is 5.28 Å². The minimum atomic E-state index is 0.145. The number of aromatic nitrogens is 2. The van der Waals surface area contributed by atoms with Crippen molar-refractivity contribution in [2.24, 2.45) is 0 Å². The number of anilines is 1. The van der Waals surface area contributed by atoms with Gasteiger partial charge in [-0.2, -0.15) is 0 Å². The molecule has 0 spiro atoms. The van der Waals surface area contributed by atoms with Gasteiger partial charge in [0.05, 0.1) is 5.88 Å². The molecule has 0 aromatic carbocycles. The number of hydrogen-bond acceptors (Lipinski definition) is 3. The van der Waals surface area contributed by atoms with Crippen LogP contribution in [0, 0.1) is 0 Å². The zero-order chi connectivity index (χ0) is 7.56. The maximum atomic E-state index is 5.48. The second-order valence-electron chi connectivity index (χ2n) is 1.68. The fraction of sp³-hybridized carbons (Fsp3) is 0.200. The molecule has 0 saturated carbocycles. The van der Waals surface area contributed by atoms with Crippen molar-refractivity contribution in [1.82, 2.24) is 9.97 Å². The van der Waals surface area contributed by atoms with Crippen LogP contribution in [-0.2, 0) is 5.88 Å². The van der Waals surface area contributed by atoms with Crippen LogP contribution in [0.3, 0.4) is 0 Å². The van der Waals surface area contributed by atoms with Crippen LogP contribution < -0.4 is 5.73 Å². The van der Waals surface area contributed by atoms with Gasteiger partial charge in [-0.15, -0.1) is 11.6 Å². The van der Waals surface area contributed by atoms with Crippen LogP contribution in [-0.4, -0.2) is 9.97 Å². The minimum Gasteiger partial charge on any atom is -0.383 e. The maximum absolute atomic E-state index is 5.48. The Morgan fingerprint density at radius 2 is 2.30 bits per heavy atom. The quantitative estimate of drug-likeness (QED) is 0.523. The summed E-state index contributed by atoms with van der Waals surface area (Å²) in [6, 6.07) is 0. The minimum absolute atomic E-state index is 0.145. The van der Waals surface area contributed by atoms with Crippen molar-refractivity contribution in [2.75, 3.05) is 5.73 Å². The van der Waals surface area contributed by atoms with Gasteiger partial charge in [-0.05, 0) is 11.6 Å². The number of hydrogen-bond donors (Lipinski definition) is 1. The molecule has 0 bridgehead atoms. The van der Waals surface area contributed by atoms with Gasteiger partial charge in [0, 0.05) is 11.8 Å². The van der Waals surface area contributed by atoms with Crippen LogP contribution in [0.1, 0.15) is 5.56 Å². The molecule has 10 heavy (non-hydrogen) atoms. The van der Waals surface area contributed by atoms with Crippen molar-refractivity contribution >= 4 is 29.0 Å². The average Bonchev–Trinajstić information content (AvgIpc) is 1.88. The standard InChI is InChI=1S/C5H5Cl2N3/c6-1-3-2-9-5(7)10-4(3)8/h2H,1H2,(H2,8,9,10). The molecule has 0 aliphatic carbocycles. The highest BCUT2D eigenvalue weighted by molar-refractivity contribution is 6.28. The summed E-state index contributed by atoms with van der Waals surface area (Å²) < 4.78 is 0. The molecule has 1 heterocycles. The van der Waals surface area contributed by atoms with Crippen molar-refractivity contribution in [3.05, 3.63) is 17.0 Å². The maximum Gasteiger partial charge on any atom is 0.224 e. The van der Waals surface area contributed by atoms with Gasteiger partial charge in [0.25, 0.3) is 0 Å². The van der Waals surface area contributed by atoms with E-state index in [1.54, 1.807) is 0 Å². The molecule has 5 heteroatoms. The van der Waals surface area contributed by atoms with Gasteiger partial charge >= 0.3 is 0 Å². The Balaban J connectivity index is 3.07. The summed E-state index contributed by atoms with van der Waals surface area (Å²) in [5.41, 5.74) is 6.11. The van der Waals surface area contributed by atoms with Crippen molar-refractivity contribution < 1.29 is 0 Å². The van der Waals surface area contributed by atoms with Crippen LogP contribution in [0.4, 0.5) is 5.82 Å². The Hall–Kier alpha value is -0.540. The lowest BCUT2D eigenvalue weighted by Crippen LogP contribution is -1.97. The number of alkyl halides is 1. The molecule has 0 radical (unpaired) electrons. The van der Waals surface area contributed by atoms with E-state index in [1.807, 2.05) is 0 Å². The largest absolute Gasteiger partial charge is 0.383 e. The van der Waals surface area contributed by atoms with Gasteiger partial charge in [0.2, 0.25) is 5.28 Å². The Labute approximate surface area is 68.2 Å². The van der Waals surface area contributed by atoms with E-state index >= 15 is 0 Å². The molecule has 0 aliphatic rings. The Morgan fingerprint density at radius 1 is 1.60 bits per heavy atom. The zero-order valence-electron chi connectivity index (χ0n) is 5.01. The van der Waals surface area contributed by atoms with E-state index in [4.69, 9.17) is 28.9 Å². The number of rotatable bonds is 1. The monoisotopic (exact) mass is 177 g/mol. The molecular weight excluding hydrogens is 173 g/mol. The summed E-state index contributed by atoms with van der Waals surface area (Å²) in [6.45, 7) is 0. The fourth-order valence-corrected chi connectivity index (χ4v) is 0.846. The van der Waals surface area contributed by atoms with Gasteiger partial charge in [0.15, 0.2) is 0 Å². The molecule has 0 saturated heterocycles. The van der Waals surface area contributed by atoms with Crippen molar-refractivity contribution in [3.63, 3.8) is 0 Å². The first kappa shape index (κ1) is 7.57. The molecular formula is C5H5Cl2N3. The first-order chi connectivity index (χ1) is 4.74. The number of nitrogens with zero attached hydrogens (tertiary/aromatic N) is 2. The molecule has 0 atom stereocenters. The van der Waals surface area contributed by atoms with Gasteiger partial charge < -0.3 is 5.73 Å². The zero-order valence-corrected chi connectivity index (χ0v) is 6.52. The number of nitrogens with two attached hydrogens (primary N) is 1. The van der Waals surface area contributed by atoms with E-state index in [0.29, 0.717) is 17.3 Å². The van der Waals surface area contributed by atoms with Gasteiger partial charge in [-0.25, -0.2) is 9.97 Å². The lowest BCUT2D eigenvalue weighted by Gasteiger charge is -1.97. The fourth-order valence-electron chi connectivity index (χ4n) is 0.500. The van der Waals surface area contributed by atoms with E-state index < -0.39 is 0 Å². The molecule has 1 aromatic heterocycles. The summed E-state index contributed by atoms with van der Waals surface area (Å²) in [6.07, 6.45) is 1.51. The average molecular weight is 178 g/mol. The Kier molecular flexibility index (Phi) is 2.29. The van der Waals surface area contributed by atoms with Gasteiger partial charge in [0.1, 0.15) is 5.82 Å². The first-order valence-corrected chi connectivity index (χ1v) is 3.48. The Bertz CT molecular complexity index is 238. The van der Waals surface area contributed by atoms with Crippen LogP contribution in [0.2, 0.25) is 5.28 Å². The molecule has 0 amide bonds. The Morgan fingerprint density at radius 3 is 2.80 bits per heavy atom. The normalized spacial score (nSPS) is 9.80. The third-order valence-electron chi connectivity index (χ3n) is 1.01. The molecule has 54 valence electrons. The second kappa shape index (κ2) is 3.03. The summed E-state index contributed by atoms with van der Waals surface area (Å²) in [5, 5.41) is 0.145. The predicted octanol–water partition coefficient (Wildman–Crippen LogP) is 1.45. The molecule has 2 N–H and O–H groups in total. The highest BCUT2D eigenvalue weighted by atomic mass is 35.5. The van der Waals surface area contributed by atoms with E-state index in [0.717, 1.165) is 0 Å². The third kappa shape index (κ3) is 1.49. The number of halogens is 2. The van der Waals surface area contributed by atoms with Crippen LogP contribution in [0.15, 0.2) is 6.20 Å². The second-order valence-corrected chi connectivity index (χ2v) is 2.29. The highest BCUT2D eigenvalue weighted by Crippen LogP contribution is 2.11. The summed E-state index contributed by atoms with van der Waals surface area (Å²) in [5.74, 6) is 0.651. The molecule has 1 aromatic rings. The molecule has 3 nitrogen and oxygen atoms in total. The molecule has 0 unspecified atom stereocenters. The molecule has 0 fully saturated rings. The van der Waals surface area contributed by atoms with E-state index in [2.05, 4.69) is 9.97 Å². The van der Waals surface area contributed by atoms with Crippen LogP contribution >= 0.6 is 23.2 Å². The molecule has 1 rings (SSSR count). The summed E-state index contributed by atoms with van der Waals surface area (Å²) in [7, 11) is 0. The van der Waals surface area contributed by atoms with Gasteiger partial charge in [-0.3, -0.25) is 0 Å². The van der Waals surface area contributed by atoms with Crippen LogP contribution in [0.25, 0.3) is 0 Å². The third-order valence-corrected chi connectivity index (χ3v) is 1.48. The predicted molar refractivity (Wildman–Crippen MR) is 41.0 cm³/mol. The topological polar surface area (TPSA) is 51.8 Å². The highest BCUT2D eigenvalue weighted by Gasteiger charge is 1.99.